The Labute approximate surface area is 160 Å². The number of aryl methyl sites for hydroxylation is 3. The molecule has 0 radical (unpaired) electrons. The Hall–Kier alpha value is -1.83. The van der Waals surface area contributed by atoms with E-state index in [4.69, 9.17) is 10.5 Å². The van der Waals surface area contributed by atoms with Crippen LogP contribution in [-0.2, 0) is 6.54 Å². The topological polar surface area (TPSA) is 72.5 Å². The number of guanidine groups is 1. The number of aliphatic imine (C=N–C) groups is 1. The fraction of sp³-hybridized carbons (Fsp3) is 0.333. The zero-order chi connectivity index (χ0) is 17.0. The molecule has 0 bridgehead atoms. The summed E-state index contributed by atoms with van der Waals surface area (Å²) in [4.78, 5) is 8.80. The van der Waals surface area contributed by atoms with Crippen LogP contribution in [0.3, 0.4) is 0 Å². The van der Waals surface area contributed by atoms with Gasteiger partial charge in [-0.25, -0.2) is 4.99 Å². The summed E-state index contributed by atoms with van der Waals surface area (Å²) in [6.45, 7) is 8.47. The Morgan fingerprint density at radius 1 is 1.17 bits per heavy atom. The maximum absolute atomic E-state index is 5.98. The van der Waals surface area contributed by atoms with Gasteiger partial charge in [0.1, 0.15) is 5.75 Å². The summed E-state index contributed by atoms with van der Waals surface area (Å²) in [5.74, 6) is 1.22. The Morgan fingerprint density at radius 2 is 1.79 bits per heavy atom. The largest absolute Gasteiger partial charge is 0.496 e. The van der Waals surface area contributed by atoms with Crippen LogP contribution in [-0.4, -0.2) is 18.1 Å². The van der Waals surface area contributed by atoms with Crippen LogP contribution >= 0.6 is 24.0 Å². The molecule has 0 aliphatic rings. The average Bonchev–Trinajstić information content (AvgIpc) is 2.45. The van der Waals surface area contributed by atoms with Crippen LogP contribution in [0.5, 0.6) is 5.75 Å². The van der Waals surface area contributed by atoms with Gasteiger partial charge in [-0.1, -0.05) is 6.07 Å². The number of nitrogens with zero attached hydrogens (tertiary/aromatic N) is 2. The highest BCUT2D eigenvalue weighted by Crippen LogP contribution is 2.24. The number of hydrogen-bond acceptors (Lipinski definition) is 3. The van der Waals surface area contributed by atoms with Crippen molar-refractivity contribution in [3.63, 3.8) is 0 Å². The zero-order valence-electron chi connectivity index (χ0n) is 14.8. The molecule has 24 heavy (non-hydrogen) atoms. The first-order chi connectivity index (χ1) is 10.9. The molecule has 2 rings (SSSR count). The third-order valence-electron chi connectivity index (χ3n) is 3.64. The number of nitrogens with one attached hydrogen (secondary N) is 1. The van der Waals surface area contributed by atoms with E-state index in [1.54, 1.807) is 13.3 Å². The number of pyridine rings is 1. The molecule has 0 atom stereocenters. The number of hydrogen-bond donors (Lipinski definition) is 2. The van der Waals surface area contributed by atoms with E-state index in [2.05, 4.69) is 35.2 Å². The van der Waals surface area contributed by atoms with Gasteiger partial charge >= 0.3 is 0 Å². The Kier molecular flexibility index (Phi) is 7.47. The summed E-state index contributed by atoms with van der Waals surface area (Å²) >= 11 is 0. The van der Waals surface area contributed by atoms with E-state index < -0.39 is 0 Å². The van der Waals surface area contributed by atoms with Crippen LogP contribution in [0.4, 0.5) is 5.69 Å². The number of anilines is 1. The van der Waals surface area contributed by atoms with Crippen molar-refractivity contribution < 1.29 is 4.74 Å². The monoisotopic (exact) mass is 440 g/mol. The van der Waals surface area contributed by atoms with E-state index in [-0.39, 0.29) is 24.0 Å². The molecule has 5 nitrogen and oxygen atoms in total. The molecule has 1 heterocycles. The minimum Gasteiger partial charge on any atom is -0.496 e. The van der Waals surface area contributed by atoms with Gasteiger partial charge in [0.05, 0.1) is 19.3 Å². The molecule has 0 fully saturated rings. The summed E-state index contributed by atoms with van der Waals surface area (Å²) in [6, 6.07) is 6.19. The number of rotatable bonds is 4. The lowest BCUT2D eigenvalue weighted by Crippen LogP contribution is -2.22. The van der Waals surface area contributed by atoms with E-state index in [1.807, 2.05) is 26.0 Å². The van der Waals surface area contributed by atoms with Gasteiger partial charge in [0.2, 0.25) is 0 Å². The lowest BCUT2D eigenvalue weighted by atomic mass is 10.1. The van der Waals surface area contributed by atoms with E-state index >= 15 is 0 Å². The van der Waals surface area contributed by atoms with Gasteiger partial charge in [-0.05, 0) is 51.0 Å². The molecule has 0 unspecified atom stereocenters. The van der Waals surface area contributed by atoms with E-state index in [1.165, 1.54) is 11.1 Å². The smallest absolute Gasteiger partial charge is 0.193 e. The summed E-state index contributed by atoms with van der Waals surface area (Å²) in [6.07, 6.45) is 1.80. The molecule has 0 saturated carbocycles. The molecule has 0 saturated heterocycles. The molecule has 1 aromatic heterocycles. The lowest BCUT2D eigenvalue weighted by Gasteiger charge is -2.11. The van der Waals surface area contributed by atoms with Crippen LogP contribution in [0.1, 0.15) is 27.9 Å². The van der Waals surface area contributed by atoms with Gasteiger partial charge in [-0.15, -0.1) is 24.0 Å². The van der Waals surface area contributed by atoms with E-state index in [9.17, 15) is 0 Å². The second-order valence-electron chi connectivity index (χ2n) is 5.75. The maximum atomic E-state index is 5.98. The van der Waals surface area contributed by atoms with Crippen molar-refractivity contribution in [3.8, 4) is 5.75 Å². The van der Waals surface area contributed by atoms with Gasteiger partial charge in [-0.3, -0.25) is 4.98 Å². The number of halogens is 1. The first-order valence-electron chi connectivity index (χ1n) is 7.55. The lowest BCUT2D eigenvalue weighted by molar-refractivity contribution is 0.407. The van der Waals surface area contributed by atoms with Gasteiger partial charge in [0.15, 0.2) is 5.96 Å². The van der Waals surface area contributed by atoms with Gasteiger partial charge in [-0.2, -0.15) is 0 Å². The molecule has 1 aromatic carbocycles. The average molecular weight is 440 g/mol. The maximum Gasteiger partial charge on any atom is 0.193 e. The molecule has 0 aliphatic heterocycles. The Morgan fingerprint density at radius 3 is 2.38 bits per heavy atom. The highest BCUT2D eigenvalue weighted by atomic mass is 127. The molecule has 3 N–H and O–H groups in total. The minimum absolute atomic E-state index is 0. The Bertz CT molecular complexity index is 724. The highest BCUT2D eigenvalue weighted by Gasteiger charge is 2.09. The van der Waals surface area contributed by atoms with Crippen molar-refractivity contribution in [2.24, 2.45) is 10.7 Å². The molecular formula is C18H25IN4O. The molecule has 0 aliphatic carbocycles. The van der Waals surface area contributed by atoms with Crippen LogP contribution in [0.15, 0.2) is 29.4 Å². The molecule has 0 amide bonds. The second-order valence-corrected chi connectivity index (χ2v) is 5.75. The minimum atomic E-state index is 0. The molecule has 0 spiro atoms. The third kappa shape index (κ3) is 5.09. The van der Waals surface area contributed by atoms with E-state index in [0.717, 1.165) is 28.3 Å². The first-order valence-corrected chi connectivity index (χ1v) is 7.55. The summed E-state index contributed by atoms with van der Waals surface area (Å²) in [7, 11) is 1.67. The van der Waals surface area contributed by atoms with Crippen molar-refractivity contribution >= 4 is 35.6 Å². The number of aromatic nitrogens is 1. The first kappa shape index (κ1) is 20.2. The quantitative estimate of drug-likeness (QED) is 0.430. The van der Waals surface area contributed by atoms with Crippen molar-refractivity contribution in [3.05, 3.63) is 52.3 Å². The third-order valence-corrected chi connectivity index (χ3v) is 3.64. The zero-order valence-corrected chi connectivity index (χ0v) is 17.1. The van der Waals surface area contributed by atoms with Crippen LogP contribution in [0.25, 0.3) is 0 Å². The van der Waals surface area contributed by atoms with Crippen LogP contribution in [0, 0.1) is 27.7 Å². The Balaban J connectivity index is 0.00000288. The SMILES string of the molecule is COc1c(C)cnc(CN=C(N)Nc2cc(C)cc(C)c2)c1C.I. The fourth-order valence-electron chi connectivity index (χ4n) is 2.62. The van der Waals surface area contributed by atoms with E-state index in [0.29, 0.717) is 12.5 Å². The molecule has 130 valence electrons. The number of methoxy groups -OCH3 is 1. The molecule has 6 heteroatoms. The highest BCUT2D eigenvalue weighted by molar-refractivity contribution is 14.0. The predicted molar refractivity (Wildman–Crippen MR) is 111 cm³/mol. The molecule has 2 aromatic rings. The van der Waals surface area contributed by atoms with Crippen LogP contribution in [0.2, 0.25) is 0 Å². The standard InChI is InChI=1S/C18H24N4O.HI/c1-11-6-12(2)8-15(7-11)22-18(19)21-10-16-14(4)17(23-5)13(3)9-20-16;/h6-9H,10H2,1-5H3,(H3,19,21,22);1H. The number of nitrogens with two attached hydrogens (primary N) is 1. The van der Waals surface area contributed by atoms with Gasteiger partial charge < -0.3 is 15.8 Å². The number of ether oxygens (including phenoxy) is 1. The van der Waals surface area contributed by atoms with Gasteiger partial charge in [0, 0.05) is 23.0 Å². The summed E-state index contributed by atoms with van der Waals surface area (Å²) in [5.41, 5.74) is 12.2. The number of benzene rings is 1. The molecular weight excluding hydrogens is 415 g/mol. The fourth-order valence-corrected chi connectivity index (χ4v) is 2.62. The summed E-state index contributed by atoms with van der Waals surface area (Å²) in [5, 5.41) is 3.12. The van der Waals surface area contributed by atoms with Crippen molar-refractivity contribution in [2.45, 2.75) is 34.2 Å². The van der Waals surface area contributed by atoms with Crippen molar-refractivity contribution in [1.82, 2.24) is 4.98 Å². The van der Waals surface area contributed by atoms with Crippen molar-refractivity contribution in [2.75, 3.05) is 12.4 Å². The van der Waals surface area contributed by atoms with Crippen molar-refractivity contribution in [1.29, 1.82) is 0 Å². The summed E-state index contributed by atoms with van der Waals surface area (Å²) < 4.78 is 5.41. The second kappa shape index (κ2) is 8.86. The van der Waals surface area contributed by atoms with Gasteiger partial charge in [0.25, 0.3) is 0 Å². The predicted octanol–water partition coefficient (Wildman–Crippen LogP) is 3.87. The normalized spacial score (nSPS) is 11.0. The van der Waals surface area contributed by atoms with Crippen LogP contribution < -0.4 is 15.8 Å².